The molecule has 74 valence electrons. The van der Waals surface area contributed by atoms with Crippen LogP contribution in [-0.4, -0.2) is 24.1 Å². The highest BCUT2D eigenvalue weighted by atomic mass is 79.9. The molecule has 14 heavy (non-hydrogen) atoms. The van der Waals surface area contributed by atoms with Gasteiger partial charge in [0, 0.05) is 12.6 Å². The first kappa shape index (κ1) is 10.9. The summed E-state index contributed by atoms with van der Waals surface area (Å²) in [5.74, 6) is -0.334. The van der Waals surface area contributed by atoms with Gasteiger partial charge >= 0.3 is 0 Å². The molecule has 0 saturated carbocycles. The predicted octanol–water partition coefficient (Wildman–Crippen LogP) is 1.62. The smallest absolute Gasteiger partial charge is 0.251 e. The number of rotatable bonds is 3. The van der Waals surface area contributed by atoms with Crippen LogP contribution in [0.1, 0.15) is 20.7 Å². The topological polar surface area (TPSA) is 46.2 Å². The van der Waals surface area contributed by atoms with Gasteiger partial charge in [0.15, 0.2) is 5.78 Å². The fourth-order valence-electron chi connectivity index (χ4n) is 1.13. The normalized spacial score (nSPS) is 9.57. The van der Waals surface area contributed by atoms with Crippen LogP contribution in [0.5, 0.6) is 0 Å². The Hall–Kier alpha value is -1.16. The first-order valence-corrected chi connectivity index (χ1v) is 5.23. The molecule has 1 aromatic carbocycles. The molecule has 0 aliphatic rings. The van der Waals surface area contributed by atoms with Crippen LogP contribution in [0, 0.1) is 0 Å². The number of halogens is 1. The van der Waals surface area contributed by atoms with Crippen molar-refractivity contribution in [3.63, 3.8) is 0 Å². The number of Topliss-reactive ketones (excluding diaryl/α,β-unsaturated/α-hetero) is 1. The Morgan fingerprint density at radius 2 is 1.86 bits per heavy atom. The Morgan fingerprint density at radius 3 is 2.36 bits per heavy atom. The summed E-state index contributed by atoms with van der Waals surface area (Å²) in [6, 6.07) is 6.75. The third kappa shape index (κ3) is 2.20. The molecule has 0 radical (unpaired) electrons. The van der Waals surface area contributed by atoms with E-state index in [-0.39, 0.29) is 17.0 Å². The molecular formula is C10H10BrNO2. The van der Waals surface area contributed by atoms with Gasteiger partial charge in [0.05, 0.1) is 10.9 Å². The van der Waals surface area contributed by atoms with Gasteiger partial charge in [-0.2, -0.15) is 0 Å². The summed E-state index contributed by atoms with van der Waals surface area (Å²) in [7, 11) is 1.54. The SMILES string of the molecule is CNC(=O)c1ccccc1C(=O)CBr. The highest BCUT2D eigenvalue weighted by molar-refractivity contribution is 9.09. The van der Waals surface area contributed by atoms with Crippen LogP contribution in [0.3, 0.4) is 0 Å². The van der Waals surface area contributed by atoms with E-state index in [1.807, 2.05) is 0 Å². The minimum Gasteiger partial charge on any atom is -0.355 e. The number of amides is 1. The minimum atomic E-state index is -0.241. The lowest BCUT2D eigenvalue weighted by Crippen LogP contribution is -2.21. The van der Waals surface area contributed by atoms with E-state index in [0.29, 0.717) is 11.1 Å². The quantitative estimate of drug-likeness (QED) is 0.659. The molecule has 0 saturated heterocycles. The zero-order chi connectivity index (χ0) is 10.6. The molecule has 1 aromatic rings. The third-order valence-electron chi connectivity index (χ3n) is 1.82. The molecule has 1 rings (SSSR count). The Morgan fingerprint density at radius 1 is 1.29 bits per heavy atom. The lowest BCUT2D eigenvalue weighted by molar-refractivity contribution is 0.0948. The number of nitrogens with one attached hydrogen (secondary N) is 1. The van der Waals surface area contributed by atoms with Crippen LogP contribution in [-0.2, 0) is 0 Å². The van der Waals surface area contributed by atoms with Gasteiger partial charge < -0.3 is 5.32 Å². The second-order valence-corrected chi connectivity index (χ2v) is 3.24. The molecular weight excluding hydrogens is 246 g/mol. The summed E-state index contributed by atoms with van der Waals surface area (Å²) < 4.78 is 0. The van der Waals surface area contributed by atoms with Gasteiger partial charge in [0.2, 0.25) is 0 Å². The van der Waals surface area contributed by atoms with Crippen molar-refractivity contribution in [3.05, 3.63) is 35.4 Å². The number of ketones is 1. The molecule has 0 bridgehead atoms. The lowest BCUT2D eigenvalue weighted by atomic mass is 10.0. The van der Waals surface area contributed by atoms with Crippen molar-refractivity contribution in [1.82, 2.24) is 5.32 Å². The van der Waals surface area contributed by atoms with Crippen LogP contribution < -0.4 is 5.32 Å². The third-order valence-corrected chi connectivity index (χ3v) is 2.33. The monoisotopic (exact) mass is 255 g/mol. The summed E-state index contributed by atoms with van der Waals surface area (Å²) >= 11 is 3.08. The molecule has 0 spiro atoms. The minimum absolute atomic E-state index is 0.0933. The Labute approximate surface area is 90.6 Å². The number of hydrogen-bond donors (Lipinski definition) is 1. The number of carbonyl (C=O) groups excluding carboxylic acids is 2. The van der Waals surface area contributed by atoms with Crippen LogP contribution in [0.15, 0.2) is 24.3 Å². The number of hydrogen-bond acceptors (Lipinski definition) is 2. The van der Waals surface area contributed by atoms with Crippen LogP contribution in [0.2, 0.25) is 0 Å². The second kappa shape index (κ2) is 4.91. The Balaban J connectivity index is 3.15. The Bertz CT molecular complexity index is 328. The summed E-state index contributed by atoms with van der Waals surface area (Å²) in [5.41, 5.74) is 0.864. The lowest BCUT2D eigenvalue weighted by Gasteiger charge is -2.05. The van der Waals surface area contributed by atoms with Crippen molar-refractivity contribution in [2.24, 2.45) is 0 Å². The predicted molar refractivity (Wildman–Crippen MR) is 58.0 cm³/mol. The van der Waals surface area contributed by atoms with Crippen molar-refractivity contribution in [2.75, 3.05) is 12.4 Å². The molecule has 0 aliphatic carbocycles. The fourth-order valence-corrected chi connectivity index (χ4v) is 1.43. The highest BCUT2D eigenvalue weighted by Crippen LogP contribution is 2.10. The Kier molecular flexibility index (Phi) is 3.83. The second-order valence-electron chi connectivity index (χ2n) is 2.68. The molecule has 0 heterocycles. The highest BCUT2D eigenvalue weighted by Gasteiger charge is 2.13. The van der Waals surface area contributed by atoms with Gasteiger partial charge in [-0.3, -0.25) is 9.59 Å². The number of carbonyl (C=O) groups is 2. The van der Waals surface area contributed by atoms with Gasteiger partial charge in [-0.15, -0.1) is 0 Å². The zero-order valence-corrected chi connectivity index (χ0v) is 9.30. The van der Waals surface area contributed by atoms with Crippen molar-refractivity contribution in [1.29, 1.82) is 0 Å². The van der Waals surface area contributed by atoms with E-state index in [1.165, 1.54) is 7.05 Å². The molecule has 0 unspecified atom stereocenters. The van der Waals surface area contributed by atoms with Gasteiger partial charge in [0.25, 0.3) is 5.91 Å². The maximum absolute atomic E-state index is 11.4. The van der Waals surface area contributed by atoms with Gasteiger partial charge in [-0.25, -0.2) is 0 Å². The van der Waals surface area contributed by atoms with Gasteiger partial charge in [-0.05, 0) is 6.07 Å². The molecule has 3 nitrogen and oxygen atoms in total. The van der Waals surface area contributed by atoms with E-state index in [2.05, 4.69) is 21.2 Å². The van der Waals surface area contributed by atoms with E-state index in [9.17, 15) is 9.59 Å². The fraction of sp³-hybridized carbons (Fsp3) is 0.200. The first-order valence-electron chi connectivity index (χ1n) is 4.11. The maximum atomic E-state index is 11.4. The van der Waals surface area contributed by atoms with Gasteiger partial charge in [-0.1, -0.05) is 34.1 Å². The molecule has 0 fully saturated rings. The standard InChI is InChI=1S/C10H10BrNO2/c1-12-10(14)8-5-3-2-4-7(8)9(13)6-11/h2-5H,6H2,1H3,(H,12,14). The molecule has 4 heteroatoms. The average molecular weight is 256 g/mol. The number of alkyl halides is 1. The van der Waals surface area contributed by atoms with Crippen molar-refractivity contribution in [2.45, 2.75) is 0 Å². The van der Waals surface area contributed by atoms with Gasteiger partial charge in [0.1, 0.15) is 0 Å². The first-order chi connectivity index (χ1) is 6.70. The molecule has 1 N–H and O–H groups in total. The van der Waals surface area contributed by atoms with E-state index in [0.717, 1.165) is 0 Å². The molecule has 0 aliphatic heterocycles. The van der Waals surface area contributed by atoms with Crippen LogP contribution in [0.25, 0.3) is 0 Å². The molecule has 0 atom stereocenters. The van der Waals surface area contributed by atoms with Crippen LogP contribution in [0.4, 0.5) is 0 Å². The largest absolute Gasteiger partial charge is 0.355 e. The zero-order valence-electron chi connectivity index (χ0n) is 7.71. The van der Waals surface area contributed by atoms with Crippen molar-refractivity contribution >= 4 is 27.6 Å². The summed E-state index contributed by atoms with van der Waals surface area (Å²) in [5, 5.41) is 2.72. The van der Waals surface area contributed by atoms with Crippen molar-refractivity contribution < 1.29 is 9.59 Å². The van der Waals surface area contributed by atoms with Crippen molar-refractivity contribution in [3.8, 4) is 0 Å². The summed E-state index contributed by atoms with van der Waals surface area (Å²) in [6.45, 7) is 0. The van der Waals surface area contributed by atoms with E-state index in [1.54, 1.807) is 24.3 Å². The van der Waals surface area contributed by atoms with Crippen LogP contribution >= 0.6 is 15.9 Å². The maximum Gasteiger partial charge on any atom is 0.251 e. The summed E-state index contributed by atoms with van der Waals surface area (Å²) in [6.07, 6.45) is 0. The van der Waals surface area contributed by atoms with E-state index >= 15 is 0 Å². The molecule has 0 aromatic heterocycles. The summed E-state index contributed by atoms with van der Waals surface area (Å²) in [4.78, 5) is 22.8. The molecule has 1 amide bonds. The number of benzene rings is 1. The average Bonchev–Trinajstić information content (AvgIpc) is 2.27. The van der Waals surface area contributed by atoms with E-state index in [4.69, 9.17) is 0 Å². The van der Waals surface area contributed by atoms with E-state index < -0.39 is 0 Å².